The van der Waals surface area contributed by atoms with Crippen LogP contribution in [0.5, 0.6) is 11.5 Å². The highest BCUT2D eigenvalue weighted by molar-refractivity contribution is 7.99. The number of aromatic amines is 1. The Morgan fingerprint density at radius 3 is 2.65 bits per heavy atom. The molecule has 0 unspecified atom stereocenters. The van der Waals surface area contributed by atoms with Gasteiger partial charge in [-0.05, 0) is 56.0 Å². The minimum absolute atomic E-state index is 0.281. The van der Waals surface area contributed by atoms with Crippen LogP contribution in [0.15, 0.2) is 70.7 Å². The van der Waals surface area contributed by atoms with Crippen molar-refractivity contribution in [2.75, 3.05) is 7.11 Å². The average Bonchev–Trinajstić information content (AvgIpc) is 3.23. The number of aromatic nitrogens is 3. The number of ether oxygens (including phenoxy) is 2. The normalized spacial score (nSPS) is 14.6. The third-order valence-electron chi connectivity index (χ3n) is 5.61. The minimum Gasteiger partial charge on any atom is -0.497 e. The lowest BCUT2D eigenvalue weighted by Crippen LogP contribution is -2.19. The van der Waals surface area contributed by atoms with Gasteiger partial charge in [0.1, 0.15) is 17.3 Å². The summed E-state index contributed by atoms with van der Waals surface area (Å²) in [5, 5.41) is 0. The fourth-order valence-corrected chi connectivity index (χ4v) is 4.88. The molecule has 1 aliphatic rings. The predicted molar refractivity (Wildman–Crippen MR) is 124 cm³/mol. The smallest absolute Gasteiger partial charge is 0.138 e. The lowest BCUT2D eigenvalue weighted by atomic mass is 9.98. The topological polar surface area (TPSA) is 60.0 Å². The lowest BCUT2D eigenvalue weighted by molar-refractivity contribution is 0.151. The molecule has 5 nitrogen and oxygen atoms in total. The molecule has 158 valence electrons. The molecule has 5 rings (SSSR count). The first-order valence-corrected chi connectivity index (χ1v) is 11.5. The molecule has 0 aliphatic heterocycles. The number of rotatable bonds is 6. The van der Waals surface area contributed by atoms with Crippen molar-refractivity contribution in [2.45, 2.75) is 48.0 Å². The second-order valence-electron chi connectivity index (χ2n) is 7.80. The van der Waals surface area contributed by atoms with Crippen LogP contribution in [0.1, 0.15) is 32.1 Å². The zero-order chi connectivity index (χ0) is 21.0. The molecule has 0 saturated heterocycles. The second-order valence-corrected chi connectivity index (χ2v) is 8.91. The van der Waals surface area contributed by atoms with E-state index in [9.17, 15) is 0 Å². The van der Waals surface area contributed by atoms with Gasteiger partial charge in [-0.2, -0.15) is 0 Å². The van der Waals surface area contributed by atoms with E-state index in [-0.39, 0.29) is 6.10 Å². The van der Waals surface area contributed by atoms with E-state index >= 15 is 0 Å². The Morgan fingerprint density at radius 1 is 1.00 bits per heavy atom. The minimum atomic E-state index is 0.281. The maximum Gasteiger partial charge on any atom is 0.138 e. The lowest BCUT2D eigenvalue weighted by Gasteiger charge is -2.24. The first-order valence-electron chi connectivity index (χ1n) is 10.7. The third-order valence-corrected chi connectivity index (χ3v) is 6.66. The van der Waals surface area contributed by atoms with Crippen molar-refractivity contribution >= 4 is 22.8 Å². The predicted octanol–water partition coefficient (Wildman–Crippen LogP) is 6.50. The second kappa shape index (κ2) is 9.02. The third kappa shape index (κ3) is 4.54. The molecule has 0 atom stereocenters. The highest BCUT2D eigenvalue weighted by Gasteiger charge is 2.19. The number of pyridine rings is 1. The quantitative estimate of drug-likeness (QED) is 0.378. The monoisotopic (exact) mass is 431 g/mol. The van der Waals surface area contributed by atoms with E-state index in [0.29, 0.717) is 0 Å². The Morgan fingerprint density at radius 2 is 1.84 bits per heavy atom. The summed E-state index contributed by atoms with van der Waals surface area (Å²) in [5.41, 5.74) is 2.89. The molecule has 1 N–H and O–H groups in total. The van der Waals surface area contributed by atoms with Crippen LogP contribution in [0.2, 0.25) is 0 Å². The van der Waals surface area contributed by atoms with Crippen LogP contribution in [0.4, 0.5) is 0 Å². The van der Waals surface area contributed by atoms with Gasteiger partial charge in [-0.3, -0.25) is 4.98 Å². The Bertz CT molecular complexity index is 1170. The van der Waals surface area contributed by atoms with Crippen molar-refractivity contribution < 1.29 is 9.47 Å². The standard InChI is InChI=1S/C25H25N3O2S/c1-29-19-9-5-6-17(14-19)25-27-21-15-23(30-18-7-3-2-4-8-18)24(16-22(21)28-25)31-20-10-12-26-13-11-20/h5-6,9-16,18H,2-4,7-8H2,1H3,(H,27,28). The highest BCUT2D eigenvalue weighted by atomic mass is 32.2. The average molecular weight is 432 g/mol. The molecular formula is C25H25N3O2S. The number of hydrogen-bond donors (Lipinski definition) is 1. The van der Waals surface area contributed by atoms with Gasteiger partial charge in [-0.15, -0.1) is 0 Å². The van der Waals surface area contributed by atoms with Gasteiger partial charge < -0.3 is 14.5 Å². The van der Waals surface area contributed by atoms with Crippen molar-refractivity contribution in [1.82, 2.24) is 15.0 Å². The zero-order valence-corrected chi connectivity index (χ0v) is 18.3. The number of hydrogen-bond acceptors (Lipinski definition) is 5. The summed E-state index contributed by atoms with van der Waals surface area (Å²) in [6, 6.07) is 16.2. The summed E-state index contributed by atoms with van der Waals surface area (Å²) in [4.78, 5) is 14.7. The maximum absolute atomic E-state index is 6.51. The largest absolute Gasteiger partial charge is 0.497 e. The van der Waals surface area contributed by atoms with Crippen molar-refractivity contribution in [1.29, 1.82) is 0 Å². The number of H-pyrrole nitrogens is 1. The summed E-state index contributed by atoms with van der Waals surface area (Å²) < 4.78 is 11.9. The van der Waals surface area contributed by atoms with E-state index < -0.39 is 0 Å². The first-order chi connectivity index (χ1) is 15.3. The number of benzene rings is 2. The summed E-state index contributed by atoms with van der Waals surface area (Å²) in [6.07, 6.45) is 9.94. The molecule has 0 bridgehead atoms. The van der Waals surface area contributed by atoms with Crippen LogP contribution < -0.4 is 9.47 Å². The highest BCUT2D eigenvalue weighted by Crippen LogP contribution is 2.39. The van der Waals surface area contributed by atoms with Gasteiger partial charge >= 0.3 is 0 Å². The Balaban J connectivity index is 1.53. The molecule has 0 radical (unpaired) electrons. The summed E-state index contributed by atoms with van der Waals surface area (Å²) in [7, 11) is 1.68. The Labute approximate surface area is 186 Å². The first kappa shape index (κ1) is 19.9. The van der Waals surface area contributed by atoms with Gasteiger partial charge in [0.05, 0.1) is 29.1 Å². The maximum atomic E-state index is 6.51. The van der Waals surface area contributed by atoms with Crippen molar-refractivity contribution in [3.05, 3.63) is 60.9 Å². The Kier molecular flexibility index (Phi) is 5.80. The van der Waals surface area contributed by atoms with Gasteiger partial charge in [0, 0.05) is 28.9 Å². The van der Waals surface area contributed by atoms with Crippen molar-refractivity contribution in [3.8, 4) is 22.9 Å². The van der Waals surface area contributed by atoms with Crippen molar-refractivity contribution in [3.63, 3.8) is 0 Å². The number of fused-ring (bicyclic) bond motifs is 1. The molecule has 2 aromatic carbocycles. The molecule has 1 saturated carbocycles. The SMILES string of the molecule is COc1cccc(-c2nc3cc(Sc4ccncc4)c(OC4CCCCC4)cc3[nH]2)c1. The van der Waals surface area contributed by atoms with E-state index in [0.717, 1.165) is 56.6 Å². The van der Waals surface area contributed by atoms with Crippen LogP contribution in [-0.2, 0) is 0 Å². The van der Waals surface area contributed by atoms with Crippen LogP contribution in [-0.4, -0.2) is 28.2 Å². The fraction of sp³-hybridized carbons (Fsp3) is 0.280. The van der Waals surface area contributed by atoms with Crippen molar-refractivity contribution in [2.24, 2.45) is 0 Å². The summed E-state index contributed by atoms with van der Waals surface area (Å²) in [5.74, 6) is 2.55. The zero-order valence-electron chi connectivity index (χ0n) is 17.5. The van der Waals surface area contributed by atoms with Crippen LogP contribution in [0, 0.1) is 0 Å². The molecule has 1 fully saturated rings. The Hall–Kier alpha value is -2.99. The van der Waals surface area contributed by atoms with Gasteiger partial charge in [-0.25, -0.2) is 4.98 Å². The number of nitrogens with one attached hydrogen (secondary N) is 1. The molecule has 4 aromatic rings. The van der Waals surface area contributed by atoms with Gasteiger partial charge in [-0.1, -0.05) is 30.3 Å². The van der Waals surface area contributed by atoms with Gasteiger partial charge in [0.2, 0.25) is 0 Å². The summed E-state index contributed by atoms with van der Waals surface area (Å²) in [6.45, 7) is 0. The molecule has 6 heteroatoms. The number of imidazole rings is 1. The molecule has 1 aliphatic carbocycles. The van der Waals surface area contributed by atoms with E-state index in [1.54, 1.807) is 18.9 Å². The molecule has 0 amide bonds. The number of nitrogens with zero attached hydrogens (tertiary/aromatic N) is 2. The van der Waals surface area contributed by atoms with Gasteiger partial charge in [0.15, 0.2) is 0 Å². The van der Waals surface area contributed by atoms with E-state index in [1.807, 2.05) is 48.8 Å². The van der Waals surface area contributed by atoms with Gasteiger partial charge in [0.25, 0.3) is 0 Å². The van der Waals surface area contributed by atoms with E-state index in [4.69, 9.17) is 14.5 Å². The van der Waals surface area contributed by atoms with Crippen LogP contribution in [0.3, 0.4) is 0 Å². The van der Waals surface area contributed by atoms with Crippen LogP contribution >= 0.6 is 11.8 Å². The molecule has 31 heavy (non-hydrogen) atoms. The molecular weight excluding hydrogens is 406 g/mol. The molecule has 2 aromatic heterocycles. The van der Waals surface area contributed by atoms with E-state index in [1.165, 1.54) is 19.3 Å². The van der Waals surface area contributed by atoms with Crippen LogP contribution in [0.25, 0.3) is 22.4 Å². The molecule has 0 spiro atoms. The number of methoxy groups -OCH3 is 1. The molecule has 2 heterocycles. The fourth-order valence-electron chi connectivity index (χ4n) is 3.99. The van der Waals surface area contributed by atoms with E-state index in [2.05, 4.69) is 22.1 Å². The summed E-state index contributed by atoms with van der Waals surface area (Å²) >= 11 is 1.69.